The second kappa shape index (κ2) is 6.15. The first-order chi connectivity index (χ1) is 7.08. The summed E-state index contributed by atoms with van der Waals surface area (Å²) in [5, 5.41) is 9.94. The predicted molar refractivity (Wildman–Crippen MR) is 69.4 cm³/mol. The molecule has 1 unspecified atom stereocenters. The number of thioether (sulfide) groups is 1. The van der Waals surface area contributed by atoms with Gasteiger partial charge in [-0.1, -0.05) is 27.2 Å². The molecule has 1 rings (SSSR count). The van der Waals surface area contributed by atoms with Crippen molar-refractivity contribution in [2.75, 3.05) is 5.75 Å². The molecule has 0 aromatic heterocycles. The fourth-order valence-electron chi connectivity index (χ4n) is 2.04. The molecule has 0 spiro atoms. The lowest BCUT2D eigenvalue weighted by Crippen LogP contribution is -2.18. The van der Waals surface area contributed by atoms with Gasteiger partial charge in [0.05, 0.1) is 6.10 Å². The van der Waals surface area contributed by atoms with E-state index in [0.29, 0.717) is 10.7 Å². The largest absolute Gasteiger partial charge is 0.393 e. The SMILES string of the molecule is CCCCSC1(CC(O)CC(C)C)CC1. The minimum Gasteiger partial charge on any atom is -0.393 e. The van der Waals surface area contributed by atoms with Crippen molar-refractivity contribution in [3.8, 4) is 0 Å². The van der Waals surface area contributed by atoms with E-state index < -0.39 is 0 Å². The maximum absolute atomic E-state index is 9.94. The van der Waals surface area contributed by atoms with Crippen molar-refractivity contribution < 1.29 is 5.11 Å². The standard InChI is InChI=1S/C13H26OS/c1-4-5-8-15-13(6-7-13)10-12(14)9-11(2)3/h11-12,14H,4-10H2,1-3H3. The van der Waals surface area contributed by atoms with E-state index in [1.807, 2.05) is 0 Å². The lowest BCUT2D eigenvalue weighted by Gasteiger charge is -2.20. The maximum atomic E-state index is 9.94. The normalized spacial score (nSPS) is 20.6. The van der Waals surface area contributed by atoms with Crippen molar-refractivity contribution >= 4 is 11.8 Å². The van der Waals surface area contributed by atoms with Crippen LogP contribution in [0.4, 0.5) is 0 Å². The van der Waals surface area contributed by atoms with E-state index >= 15 is 0 Å². The van der Waals surface area contributed by atoms with Crippen molar-refractivity contribution in [3.05, 3.63) is 0 Å². The average Bonchev–Trinajstić information content (AvgIpc) is 2.84. The highest BCUT2D eigenvalue weighted by Gasteiger charge is 2.44. The Morgan fingerprint density at radius 2 is 2.00 bits per heavy atom. The van der Waals surface area contributed by atoms with Gasteiger partial charge < -0.3 is 5.11 Å². The summed E-state index contributed by atoms with van der Waals surface area (Å²) in [5.41, 5.74) is 0. The van der Waals surface area contributed by atoms with Gasteiger partial charge in [-0.05, 0) is 43.8 Å². The van der Waals surface area contributed by atoms with E-state index in [1.165, 1.54) is 31.4 Å². The topological polar surface area (TPSA) is 20.2 Å². The second-order valence-electron chi connectivity index (χ2n) is 5.37. The van der Waals surface area contributed by atoms with E-state index in [-0.39, 0.29) is 6.10 Å². The molecule has 1 nitrogen and oxygen atoms in total. The van der Waals surface area contributed by atoms with Gasteiger partial charge in [0, 0.05) is 4.75 Å². The monoisotopic (exact) mass is 230 g/mol. The molecule has 1 saturated carbocycles. The molecule has 90 valence electrons. The van der Waals surface area contributed by atoms with Crippen LogP contribution in [-0.2, 0) is 0 Å². The smallest absolute Gasteiger partial charge is 0.0556 e. The van der Waals surface area contributed by atoms with Gasteiger partial charge in [0.15, 0.2) is 0 Å². The van der Waals surface area contributed by atoms with E-state index in [2.05, 4.69) is 32.5 Å². The summed E-state index contributed by atoms with van der Waals surface area (Å²) < 4.78 is 0.476. The van der Waals surface area contributed by atoms with E-state index in [4.69, 9.17) is 0 Å². The third kappa shape index (κ3) is 5.26. The molecule has 1 aliphatic rings. The first kappa shape index (κ1) is 13.4. The Kier molecular flexibility index (Phi) is 5.48. The van der Waals surface area contributed by atoms with Crippen LogP contribution >= 0.6 is 11.8 Å². The molecule has 1 atom stereocenters. The molecule has 2 heteroatoms. The van der Waals surface area contributed by atoms with Gasteiger partial charge in [-0.15, -0.1) is 0 Å². The fraction of sp³-hybridized carbons (Fsp3) is 1.00. The highest BCUT2D eigenvalue weighted by molar-refractivity contribution is 8.00. The minimum atomic E-state index is -0.0679. The van der Waals surface area contributed by atoms with Crippen molar-refractivity contribution in [3.63, 3.8) is 0 Å². The third-order valence-electron chi connectivity index (χ3n) is 3.06. The fourth-order valence-corrected chi connectivity index (χ4v) is 3.60. The molecule has 0 saturated heterocycles. The number of aliphatic hydroxyl groups is 1. The van der Waals surface area contributed by atoms with Crippen molar-refractivity contribution in [2.45, 2.75) is 70.1 Å². The summed E-state index contributed by atoms with van der Waals surface area (Å²) in [7, 11) is 0. The summed E-state index contributed by atoms with van der Waals surface area (Å²) in [5.74, 6) is 1.90. The van der Waals surface area contributed by atoms with Crippen LogP contribution in [0.15, 0.2) is 0 Å². The van der Waals surface area contributed by atoms with Gasteiger partial charge in [0.2, 0.25) is 0 Å². The second-order valence-corrected chi connectivity index (χ2v) is 6.94. The van der Waals surface area contributed by atoms with E-state index in [9.17, 15) is 5.11 Å². The van der Waals surface area contributed by atoms with Crippen LogP contribution in [0, 0.1) is 5.92 Å². The first-order valence-electron chi connectivity index (χ1n) is 6.40. The van der Waals surface area contributed by atoms with Crippen molar-refractivity contribution in [1.29, 1.82) is 0 Å². The lowest BCUT2D eigenvalue weighted by atomic mass is 10.0. The summed E-state index contributed by atoms with van der Waals surface area (Å²) in [4.78, 5) is 0. The molecular formula is C13H26OS. The Balaban J connectivity index is 2.18. The van der Waals surface area contributed by atoms with Crippen LogP contribution in [0.5, 0.6) is 0 Å². The van der Waals surface area contributed by atoms with Crippen LogP contribution in [0.25, 0.3) is 0 Å². The van der Waals surface area contributed by atoms with Crippen molar-refractivity contribution in [1.82, 2.24) is 0 Å². The molecule has 0 aromatic carbocycles. The molecule has 0 heterocycles. The summed E-state index contributed by atoms with van der Waals surface area (Å²) >= 11 is 2.11. The number of hydrogen-bond donors (Lipinski definition) is 1. The first-order valence-corrected chi connectivity index (χ1v) is 7.38. The Morgan fingerprint density at radius 3 is 2.47 bits per heavy atom. The van der Waals surface area contributed by atoms with Gasteiger partial charge in [-0.2, -0.15) is 11.8 Å². The molecule has 0 amide bonds. The summed E-state index contributed by atoms with van der Waals surface area (Å²) in [6.45, 7) is 6.62. The number of aliphatic hydroxyl groups excluding tert-OH is 1. The molecule has 0 aliphatic heterocycles. The Morgan fingerprint density at radius 1 is 1.33 bits per heavy atom. The van der Waals surface area contributed by atoms with Gasteiger partial charge in [0.25, 0.3) is 0 Å². The molecule has 0 bridgehead atoms. The summed E-state index contributed by atoms with van der Waals surface area (Å²) in [6.07, 6.45) is 7.20. The molecule has 0 aromatic rings. The van der Waals surface area contributed by atoms with E-state index in [0.717, 1.165) is 12.8 Å². The summed E-state index contributed by atoms with van der Waals surface area (Å²) in [6, 6.07) is 0. The molecular weight excluding hydrogens is 204 g/mol. The van der Waals surface area contributed by atoms with Gasteiger partial charge in [-0.25, -0.2) is 0 Å². The predicted octanol–water partition coefficient (Wildman–Crippen LogP) is 3.85. The molecule has 15 heavy (non-hydrogen) atoms. The van der Waals surface area contributed by atoms with Gasteiger partial charge in [-0.3, -0.25) is 0 Å². The average molecular weight is 230 g/mol. The van der Waals surface area contributed by atoms with Gasteiger partial charge in [0.1, 0.15) is 0 Å². The zero-order valence-electron chi connectivity index (χ0n) is 10.5. The number of unbranched alkanes of at least 4 members (excludes halogenated alkanes) is 1. The number of rotatable bonds is 8. The zero-order chi connectivity index (χ0) is 11.3. The highest BCUT2D eigenvalue weighted by atomic mass is 32.2. The van der Waals surface area contributed by atoms with Crippen LogP contribution in [0.3, 0.4) is 0 Å². The molecule has 0 radical (unpaired) electrons. The minimum absolute atomic E-state index is 0.0679. The van der Waals surface area contributed by atoms with E-state index in [1.54, 1.807) is 0 Å². The van der Waals surface area contributed by atoms with Crippen molar-refractivity contribution in [2.24, 2.45) is 5.92 Å². The molecule has 1 aliphatic carbocycles. The van der Waals surface area contributed by atoms with Crippen LogP contribution in [0.1, 0.15) is 59.3 Å². The zero-order valence-corrected chi connectivity index (χ0v) is 11.3. The van der Waals surface area contributed by atoms with Gasteiger partial charge >= 0.3 is 0 Å². The Bertz CT molecular complexity index is 175. The molecule has 1 fully saturated rings. The lowest BCUT2D eigenvalue weighted by molar-refractivity contribution is 0.137. The third-order valence-corrected chi connectivity index (χ3v) is 4.75. The number of hydrogen-bond acceptors (Lipinski definition) is 2. The highest BCUT2D eigenvalue weighted by Crippen LogP contribution is 2.52. The van der Waals surface area contributed by atoms with Crippen LogP contribution in [-0.4, -0.2) is 21.7 Å². The van der Waals surface area contributed by atoms with Crippen LogP contribution < -0.4 is 0 Å². The molecule has 1 N–H and O–H groups in total. The Hall–Kier alpha value is 0.310. The quantitative estimate of drug-likeness (QED) is 0.639. The Labute approximate surface area is 99.0 Å². The van der Waals surface area contributed by atoms with Crippen LogP contribution in [0.2, 0.25) is 0 Å². The maximum Gasteiger partial charge on any atom is 0.0556 e.